The number of anilines is 3. The van der Waals surface area contributed by atoms with Crippen LogP contribution in [0.25, 0.3) is 5.69 Å². The fraction of sp³-hybridized carbons (Fsp3) is 0.409. The molecule has 2 aliphatic rings. The number of aromatic nitrogens is 4. The molecule has 5 rings (SSSR count). The van der Waals surface area contributed by atoms with Gasteiger partial charge in [-0.2, -0.15) is 4.98 Å². The fourth-order valence-corrected chi connectivity index (χ4v) is 3.60. The first-order valence-corrected chi connectivity index (χ1v) is 10.5. The molecule has 3 aromatic rings. The van der Waals surface area contributed by atoms with Crippen molar-refractivity contribution in [3.05, 3.63) is 53.7 Å². The van der Waals surface area contributed by atoms with Gasteiger partial charge in [0.1, 0.15) is 11.6 Å². The monoisotopic (exact) mass is 407 g/mol. The van der Waals surface area contributed by atoms with Crippen molar-refractivity contribution in [2.24, 2.45) is 0 Å². The predicted octanol–water partition coefficient (Wildman–Crippen LogP) is 3.20. The summed E-state index contributed by atoms with van der Waals surface area (Å²) < 4.78 is 6.99. The molecule has 8 nitrogen and oxygen atoms in total. The van der Waals surface area contributed by atoms with E-state index >= 15 is 0 Å². The third-order valence-corrected chi connectivity index (χ3v) is 5.22. The maximum atomic E-state index is 4.94. The highest BCUT2D eigenvalue weighted by Gasteiger charge is 2.16. The molecular weight excluding hydrogens is 378 g/mol. The van der Waals surface area contributed by atoms with Gasteiger partial charge in [0.15, 0.2) is 0 Å². The number of hydrogen-bond donors (Lipinski definition) is 3. The molecule has 0 bridgehead atoms. The summed E-state index contributed by atoms with van der Waals surface area (Å²) in [6, 6.07) is 8.16. The quantitative estimate of drug-likeness (QED) is 0.612. The van der Waals surface area contributed by atoms with Crippen molar-refractivity contribution in [3.8, 4) is 5.69 Å². The summed E-state index contributed by atoms with van der Waals surface area (Å²) in [5, 5.41) is 9.84. The zero-order chi connectivity index (χ0) is 20.8. The minimum Gasteiger partial charge on any atom is -0.381 e. The minimum atomic E-state index is 0.622. The normalized spacial score (nSPS) is 15.1. The second kappa shape index (κ2) is 9.69. The van der Waals surface area contributed by atoms with Crippen LogP contribution in [0.3, 0.4) is 0 Å². The first-order chi connectivity index (χ1) is 14.7. The number of nitrogens with one attached hydrogen (secondary N) is 3. The first-order valence-electron chi connectivity index (χ1n) is 10.5. The van der Waals surface area contributed by atoms with E-state index in [-0.39, 0.29) is 0 Å². The SMILES string of the molecule is C1CCOC1.CNc1nc(Nc2ccc(-n3ccnc3C)cc2)nc2c1CNCC2. The highest BCUT2D eigenvalue weighted by atomic mass is 16.5. The van der Waals surface area contributed by atoms with E-state index in [0.29, 0.717) is 5.95 Å². The Hall–Kier alpha value is -2.97. The van der Waals surface area contributed by atoms with Crippen LogP contribution >= 0.6 is 0 Å². The molecule has 0 radical (unpaired) electrons. The molecule has 1 fully saturated rings. The Kier molecular flexibility index (Phi) is 6.56. The molecule has 0 unspecified atom stereocenters. The molecule has 0 saturated carbocycles. The number of rotatable bonds is 4. The number of aryl methyl sites for hydroxylation is 1. The van der Waals surface area contributed by atoms with Crippen molar-refractivity contribution >= 4 is 17.5 Å². The van der Waals surface area contributed by atoms with Crippen molar-refractivity contribution in [1.29, 1.82) is 0 Å². The molecule has 0 amide bonds. The van der Waals surface area contributed by atoms with Crippen molar-refractivity contribution in [2.45, 2.75) is 32.7 Å². The zero-order valence-electron chi connectivity index (χ0n) is 17.6. The van der Waals surface area contributed by atoms with Gasteiger partial charge in [0.25, 0.3) is 0 Å². The number of benzene rings is 1. The number of hydrogen-bond acceptors (Lipinski definition) is 7. The average Bonchev–Trinajstić information content (AvgIpc) is 3.49. The van der Waals surface area contributed by atoms with E-state index in [1.54, 1.807) is 6.20 Å². The Balaban J connectivity index is 0.000000383. The molecule has 8 heteroatoms. The molecule has 0 atom stereocenters. The molecule has 30 heavy (non-hydrogen) atoms. The van der Waals surface area contributed by atoms with Gasteiger partial charge in [-0.25, -0.2) is 9.97 Å². The zero-order valence-corrected chi connectivity index (χ0v) is 17.6. The van der Waals surface area contributed by atoms with Crippen LogP contribution in [-0.2, 0) is 17.7 Å². The highest BCUT2D eigenvalue weighted by molar-refractivity contribution is 5.59. The van der Waals surface area contributed by atoms with Gasteiger partial charge in [-0.1, -0.05) is 0 Å². The van der Waals surface area contributed by atoms with Crippen molar-refractivity contribution in [2.75, 3.05) is 37.4 Å². The van der Waals surface area contributed by atoms with Crippen molar-refractivity contribution in [3.63, 3.8) is 0 Å². The van der Waals surface area contributed by atoms with E-state index in [0.717, 1.165) is 67.0 Å². The second-order valence-corrected chi connectivity index (χ2v) is 7.33. The Morgan fingerprint density at radius 3 is 2.53 bits per heavy atom. The average molecular weight is 408 g/mol. The van der Waals surface area contributed by atoms with Gasteiger partial charge in [-0.3, -0.25) is 0 Å². The summed E-state index contributed by atoms with van der Waals surface area (Å²) in [5.41, 5.74) is 4.29. The third kappa shape index (κ3) is 4.77. The Labute approximate surface area is 177 Å². The van der Waals surface area contributed by atoms with E-state index in [9.17, 15) is 0 Å². The Morgan fingerprint density at radius 2 is 1.90 bits per heavy atom. The lowest BCUT2D eigenvalue weighted by Crippen LogP contribution is -2.26. The number of fused-ring (bicyclic) bond motifs is 1. The standard InChI is InChI=1S/C18H21N7.C4H8O/c1-12-21-9-10-25(12)14-5-3-13(4-6-14)22-18-23-16-7-8-20-11-15(16)17(19-2)24-18;1-2-4-5-3-1/h3-6,9-10,20H,7-8,11H2,1-2H3,(H2,19,22,23,24);1-4H2. The lowest BCUT2D eigenvalue weighted by molar-refractivity contribution is 0.198. The van der Waals surface area contributed by atoms with Crippen molar-refractivity contribution in [1.82, 2.24) is 24.8 Å². The van der Waals surface area contributed by atoms with E-state index in [4.69, 9.17) is 4.74 Å². The van der Waals surface area contributed by atoms with Crippen LogP contribution in [0.1, 0.15) is 29.9 Å². The minimum absolute atomic E-state index is 0.622. The van der Waals surface area contributed by atoms with Crippen LogP contribution in [-0.4, -0.2) is 46.3 Å². The molecule has 158 valence electrons. The molecule has 1 saturated heterocycles. The highest BCUT2D eigenvalue weighted by Crippen LogP contribution is 2.23. The lowest BCUT2D eigenvalue weighted by atomic mass is 10.1. The predicted molar refractivity (Wildman–Crippen MR) is 119 cm³/mol. The van der Waals surface area contributed by atoms with E-state index < -0.39 is 0 Å². The van der Waals surface area contributed by atoms with Gasteiger partial charge >= 0.3 is 0 Å². The molecule has 1 aromatic carbocycles. The van der Waals surface area contributed by atoms with Crippen LogP contribution < -0.4 is 16.0 Å². The molecule has 0 spiro atoms. The number of nitrogens with zero attached hydrogens (tertiary/aromatic N) is 4. The first kappa shape index (κ1) is 20.3. The summed E-state index contributed by atoms with van der Waals surface area (Å²) >= 11 is 0. The van der Waals surface area contributed by atoms with Gasteiger partial charge in [0.05, 0.1) is 5.69 Å². The molecule has 4 heterocycles. The third-order valence-electron chi connectivity index (χ3n) is 5.22. The van der Waals surface area contributed by atoms with Crippen LogP contribution in [0.5, 0.6) is 0 Å². The van der Waals surface area contributed by atoms with Crippen LogP contribution in [0, 0.1) is 6.92 Å². The van der Waals surface area contributed by atoms with Crippen LogP contribution in [0.15, 0.2) is 36.7 Å². The fourth-order valence-electron chi connectivity index (χ4n) is 3.60. The van der Waals surface area contributed by atoms with Gasteiger partial charge < -0.3 is 25.3 Å². The second-order valence-electron chi connectivity index (χ2n) is 7.33. The Morgan fingerprint density at radius 1 is 1.10 bits per heavy atom. The lowest BCUT2D eigenvalue weighted by Gasteiger charge is -2.20. The van der Waals surface area contributed by atoms with Gasteiger partial charge in [-0.15, -0.1) is 0 Å². The smallest absolute Gasteiger partial charge is 0.229 e. The van der Waals surface area contributed by atoms with Crippen LogP contribution in [0.2, 0.25) is 0 Å². The van der Waals surface area contributed by atoms with Crippen LogP contribution in [0.4, 0.5) is 17.5 Å². The topological polar surface area (TPSA) is 88.9 Å². The largest absolute Gasteiger partial charge is 0.381 e. The summed E-state index contributed by atoms with van der Waals surface area (Å²) in [4.78, 5) is 13.5. The molecule has 2 aromatic heterocycles. The van der Waals surface area contributed by atoms with Gasteiger partial charge in [0.2, 0.25) is 5.95 Å². The van der Waals surface area contributed by atoms with Crippen molar-refractivity contribution < 1.29 is 4.74 Å². The summed E-state index contributed by atoms with van der Waals surface area (Å²) in [6.45, 7) is 5.75. The summed E-state index contributed by atoms with van der Waals surface area (Å²) in [5.74, 6) is 2.47. The maximum Gasteiger partial charge on any atom is 0.229 e. The molecule has 2 aliphatic heterocycles. The van der Waals surface area contributed by atoms with Gasteiger partial charge in [0, 0.05) is 69.1 Å². The number of imidazole rings is 1. The number of ether oxygens (including phenoxy) is 1. The Bertz CT molecular complexity index is 939. The van der Waals surface area contributed by atoms with E-state index in [1.807, 2.05) is 36.9 Å². The van der Waals surface area contributed by atoms with E-state index in [1.165, 1.54) is 12.8 Å². The molecule has 0 aliphatic carbocycles. The van der Waals surface area contributed by atoms with Gasteiger partial charge in [-0.05, 0) is 44.0 Å². The summed E-state index contributed by atoms with van der Waals surface area (Å²) in [7, 11) is 1.89. The maximum absolute atomic E-state index is 4.94. The summed E-state index contributed by atoms with van der Waals surface area (Å²) in [6.07, 6.45) is 7.23. The van der Waals surface area contributed by atoms with E-state index in [2.05, 4.69) is 43.0 Å². The molecular formula is C22H29N7O. The molecule has 3 N–H and O–H groups in total.